The van der Waals surface area contributed by atoms with Crippen molar-refractivity contribution in [1.82, 2.24) is 30.4 Å². The second-order valence-electron chi connectivity index (χ2n) is 4.01. The molecule has 2 rings (SSSR count). The van der Waals surface area contributed by atoms with Gasteiger partial charge in [0.05, 0.1) is 16.8 Å². The molecule has 1 atom stereocenters. The predicted octanol–water partition coefficient (Wildman–Crippen LogP) is 0.299. The summed E-state index contributed by atoms with van der Waals surface area (Å²) in [6.45, 7) is 1.70. The lowest BCUT2D eigenvalue weighted by Gasteiger charge is -2.10. The van der Waals surface area contributed by atoms with Gasteiger partial charge in [0, 0.05) is 14.1 Å². The molecular formula is C11H14N6O2S. The molecule has 0 aliphatic carbocycles. The Morgan fingerprint density at radius 1 is 1.40 bits per heavy atom. The molecule has 0 saturated carbocycles. The SMILES string of the molecule is CNC(=O)NC(=O)C(C)Sc1ncnc2c1cnn2C. The molecule has 0 spiro atoms. The van der Waals surface area contributed by atoms with E-state index in [0.29, 0.717) is 10.7 Å². The van der Waals surface area contributed by atoms with Crippen LogP contribution < -0.4 is 10.6 Å². The van der Waals surface area contributed by atoms with E-state index in [2.05, 4.69) is 25.7 Å². The highest BCUT2D eigenvalue weighted by atomic mass is 32.2. The number of fused-ring (bicyclic) bond motifs is 1. The number of aryl methyl sites for hydroxylation is 1. The number of rotatable bonds is 3. The maximum absolute atomic E-state index is 11.8. The summed E-state index contributed by atoms with van der Waals surface area (Å²) in [5.74, 6) is -0.384. The predicted molar refractivity (Wildman–Crippen MR) is 74.2 cm³/mol. The Kier molecular flexibility index (Phi) is 4.18. The minimum Gasteiger partial charge on any atom is -0.341 e. The lowest BCUT2D eigenvalue weighted by molar-refractivity contribution is -0.119. The Morgan fingerprint density at radius 2 is 2.15 bits per heavy atom. The number of hydrogen-bond acceptors (Lipinski definition) is 6. The van der Waals surface area contributed by atoms with Crippen molar-refractivity contribution in [2.45, 2.75) is 17.2 Å². The Hall–Kier alpha value is -2.16. The number of aromatic nitrogens is 4. The molecular weight excluding hydrogens is 280 g/mol. The van der Waals surface area contributed by atoms with Crippen molar-refractivity contribution in [3.63, 3.8) is 0 Å². The number of nitrogens with one attached hydrogen (secondary N) is 2. The summed E-state index contributed by atoms with van der Waals surface area (Å²) >= 11 is 1.25. The van der Waals surface area contributed by atoms with E-state index in [0.717, 1.165) is 5.39 Å². The van der Waals surface area contributed by atoms with E-state index < -0.39 is 11.3 Å². The van der Waals surface area contributed by atoms with Gasteiger partial charge in [0.1, 0.15) is 11.4 Å². The Bertz CT molecular complexity index is 655. The summed E-state index contributed by atoms with van der Waals surface area (Å²) < 4.78 is 1.64. The topological polar surface area (TPSA) is 102 Å². The van der Waals surface area contributed by atoms with Crippen LogP contribution in [-0.4, -0.2) is 44.0 Å². The van der Waals surface area contributed by atoms with Gasteiger partial charge in [-0.15, -0.1) is 0 Å². The molecule has 0 aliphatic rings. The minimum atomic E-state index is -0.531. The van der Waals surface area contributed by atoms with E-state index in [-0.39, 0.29) is 5.91 Å². The summed E-state index contributed by atoms with van der Waals surface area (Å²) in [4.78, 5) is 31.2. The third-order valence-corrected chi connectivity index (χ3v) is 3.73. The van der Waals surface area contributed by atoms with Crippen LogP contribution in [0.1, 0.15) is 6.92 Å². The monoisotopic (exact) mass is 294 g/mol. The van der Waals surface area contributed by atoms with Gasteiger partial charge in [0.2, 0.25) is 5.91 Å². The molecule has 2 aromatic heterocycles. The number of thioether (sulfide) groups is 1. The molecule has 2 heterocycles. The number of hydrogen-bond donors (Lipinski definition) is 2. The van der Waals surface area contributed by atoms with E-state index >= 15 is 0 Å². The second-order valence-corrected chi connectivity index (χ2v) is 5.34. The average Bonchev–Trinajstić information content (AvgIpc) is 2.81. The van der Waals surface area contributed by atoms with Crippen LogP contribution in [0.2, 0.25) is 0 Å². The Balaban J connectivity index is 2.15. The van der Waals surface area contributed by atoms with Crippen molar-refractivity contribution in [3.05, 3.63) is 12.5 Å². The molecule has 0 aromatic carbocycles. The van der Waals surface area contributed by atoms with E-state index in [1.165, 1.54) is 25.1 Å². The zero-order valence-electron chi connectivity index (χ0n) is 11.2. The fourth-order valence-corrected chi connectivity index (χ4v) is 2.41. The van der Waals surface area contributed by atoms with Crippen LogP contribution in [0.15, 0.2) is 17.6 Å². The molecule has 1 unspecified atom stereocenters. The van der Waals surface area contributed by atoms with Crippen LogP contribution in [0, 0.1) is 0 Å². The van der Waals surface area contributed by atoms with Crippen molar-refractivity contribution in [3.8, 4) is 0 Å². The van der Waals surface area contributed by atoms with E-state index in [4.69, 9.17) is 0 Å². The maximum atomic E-state index is 11.8. The summed E-state index contributed by atoms with van der Waals surface area (Å²) in [5, 5.41) is 9.63. The third-order valence-electron chi connectivity index (χ3n) is 2.61. The number of imide groups is 1. The minimum absolute atomic E-state index is 0.384. The smallest absolute Gasteiger partial charge is 0.321 e. The summed E-state index contributed by atoms with van der Waals surface area (Å²) in [6, 6.07) is -0.531. The molecule has 2 N–H and O–H groups in total. The lowest BCUT2D eigenvalue weighted by Crippen LogP contribution is -2.41. The van der Waals surface area contributed by atoms with Gasteiger partial charge in [-0.1, -0.05) is 11.8 Å². The van der Waals surface area contributed by atoms with Crippen molar-refractivity contribution in [1.29, 1.82) is 0 Å². The zero-order chi connectivity index (χ0) is 14.7. The van der Waals surface area contributed by atoms with Gasteiger partial charge in [0.25, 0.3) is 0 Å². The van der Waals surface area contributed by atoms with E-state index in [9.17, 15) is 9.59 Å². The van der Waals surface area contributed by atoms with E-state index in [1.54, 1.807) is 24.9 Å². The van der Waals surface area contributed by atoms with Crippen molar-refractivity contribution in [2.24, 2.45) is 7.05 Å². The van der Waals surface area contributed by atoms with Crippen LogP contribution in [-0.2, 0) is 11.8 Å². The summed E-state index contributed by atoms with van der Waals surface area (Å²) in [7, 11) is 3.23. The van der Waals surface area contributed by atoms with Gasteiger partial charge in [-0.05, 0) is 6.92 Å². The normalized spacial score (nSPS) is 12.2. The first-order valence-corrected chi connectivity index (χ1v) is 6.73. The van der Waals surface area contributed by atoms with Gasteiger partial charge >= 0.3 is 6.03 Å². The molecule has 0 fully saturated rings. The Morgan fingerprint density at radius 3 is 2.85 bits per heavy atom. The fraction of sp³-hybridized carbons (Fsp3) is 0.364. The molecule has 20 heavy (non-hydrogen) atoms. The van der Waals surface area contributed by atoms with Gasteiger partial charge < -0.3 is 5.32 Å². The van der Waals surface area contributed by atoms with Crippen LogP contribution >= 0.6 is 11.8 Å². The quantitative estimate of drug-likeness (QED) is 0.623. The van der Waals surface area contributed by atoms with Gasteiger partial charge in [0.15, 0.2) is 5.65 Å². The third kappa shape index (κ3) is 2.87. The Labute approximate surface area is 119 Å². The molecule has 8 nitrogen and oxygen atoms in total. The van der Waals surface area contributed by atoms with Gasteiger partial charge in [-0.3, -0.25) is 14.8 Å². The summed E-state index contributed by atoms with van der Waals surface area (Å²) in [5.41, 5.74) is 0.696. The molecule has 9 heteroatoms. The molecule has 0 saturated heterocycles. The van der Waals surface area contributed by atoms with Crippen LogP contribution in [0.3, 0.4) is 0 Å². The standard InChI is InChI=1S/C11H14N6O2S/c1-6(9(18)16-11(19)12-2)20-10-7-4-15-17(3)8(7)13-5-14-10/h4-6H,1-3H3,(H2,12,16,18,19). The molecule has 0 aliphatic heterocycles. The maximum Gasteiger partial charge on any atom is 0.321 e. The molecule has 0 bridgehead atoms. The lowest BCUT2D eigenvalue weighted by atomic mass is 10.4. The molecule has 106 valence electrons. The molecule has 3 amide bonds. The number of carbonyl (C=O) groups excluding carboxylic acids is 2. The van der Waals surface area contributed by atoms with Crippen LogP contribution in [0.5, 0.6) is 0 Å². The van der Waals surface area contributed by atoms with Crippen molar-refractivity contribution >= 4 is 34.7 Å². The van der Waals surface area contributed by atoms with Crippen molar-refractivity contribution in [2.75, 3.05) is 7.05 Å². The first-order chi connectivity index (χ1) is 9.52. The van der Waals surface area contributed by atoms with Crippen LogP contribution in [0.25, 0.3) is 11.0 Å². The average molecular weight is 294 g/mol. The first kappa shape index (κ1) is 14.3. The fourth-order valence-electron chi connectivity index (χ4n) is 1.53. The van der Waals surface area contributed by atoms with Crippen molar-refractivity contribution < 1.29 is 9.59 Å². The molecule has 0 radical (unpaired) electrons. The number of carbonyl (C=O) groups is 2. The highest BCUT2D eigenvalue weighted by Gasteiger charge is 2.19. The molecule has 2 aromatic rings. The number of urea groups is 1. The largest absolute Gasteiger partial charge is 0.341 e. The van der Waals surface area contributed by atoms with Gasteiger partial charge in [-0.2, -0.15) is 5.10 Å². The van der Waals surface area contributed by atoms with Crippen LogP contribution in [0.4, 0.5) is 4.79 Å². The first-order valence-electron chi connectivity index (χ1n) is 5.85. The number of nitrogens with zero attached hydrogens (tertiary/aromatic N) is 4. The van der Waals surface area contributed by atoms with Gasteiger partial charge in [-0.25, -0.2) is 14.8 Å². The summed E-state index contributed by atoms with van der Waals surface area (Å²) in [6.07, 6.45) is 3.08. The highest BCUT2D eigenvalue weighted by molar-refractivity contribution is 8.00. The number of amides is 3. The van der Waals surface area contributed by atoms with E-state index in [1.807, 2.05) is 0 Å². The highest BCUT2D eigenvalue weighted by Crippen LogP contribution is 2.27. The second kappa shape index (κ2) is 5.87. The zero-order valence-corrected chi connectivity index (χ0v) is 12.1.